The average Bonchev–Trinajstić information content (AvgIpc) is 2.23. The topological polar surface area (TPSA) is 63.3 Å². The molecular formula is C10H11ClFNO2S. The summed E-state index contributed by atoms with van der Waals surface area (Å²) in [6.07, 6.45) is 0. The second-order valence-electron chi connectivity index (χ2n) is 3.21. The number of thioether (sulfide) groups is 1. The van der Waals surface area contributed by atoms with Gasteiger partial charge in [-0.2, -0.15) is 11.8 Å². The van der Waals surface area contributed by atoms with Gasteiger partial charge in [0.15, 0.2) is 0 Å². The number of hydrogen-bond donors (Lipinski definition) is 2. The van der Waals surface area contributed by atoms with Crippen LogP contribution in [0.2, 0.25) is 5.02 Å². The van der Waals surface area contributed by atoms with Gasteiger partial charge >= 0.3 is 5.97 Å². The Morgan fingerprint density at radius 3 is 2.88 bits per heavy atom. The van der Waals surface area contributed by atoms with Gasteiger partial charge in [0.2, 0.25) is 0 Å². The number of carboxylic acid groups (broad SMARTS) is 1. The fourth-order valence-corrected chi connectivity index (χ4v) is 2.05. The highest BCUT2D eigenvalue weighted by molar-refractivity contribution is 7.98. The molecule has 0 amide bonds. The smallest absolute Gasteiger partial charge is 0.321 e. The molecule has 3 N–H and O–H groups in total. The summed E-state index contributed by atoms with van der Waals surface area (Å²) < 4.78 is 13.0. The standard InChI is InChI=1S/C10H11ClFNO2S/c11-7-2-1-6(3-8(7)12)4-16-5-9(13)10(14)15/h1-3,9H,4-5,13H2,(H,14,15). The van der Waals surface area contributed by atoms with Crippen LogP contribution in [0.5, 0.6) is 0 Å². The van der Waals surface area contributed by atoms with Gasteiger partial charge in [-0.3, -0.25) is 4.79 Å². The lowest BCUT2D eigenvalue weighted by molar-refractivity contribution is -0.137. The van der Waals surface area contributed by atoms with Crippen molar-refractivity contribution >= 4 is 29.3 Å². The van der Waals surface area contributed by atoms with Crippen LogP contribution in [0.15, 0.2) is 18.2 Å². The normalized spacial score (nSPS) is 12.4. The number of carboxylic acids is 1. The van der Waals surface area contributed by atoms with Gasteiger partial charge in [-0.15, -0.1) is 0 Å². The lowest BCUT2D eigenvalue weighted by Crippen LogP contribution is -2.32. The van der Waals surface area contributed by atoms with Crippen molar-refractivity contribution in [3.05, 3.63) is 34.6 Å². The molecule has 0 fully saturated rings. The van der Waals surface area contributed by atoms with E-state index in [4.69, 9.17) is 22.4 Å². The molecule has 1 aromatic carbocycles. The van der Waals surface area contributed by atoms with Crippen molar-refractivity contribution in [3.63, 3.8) is 0 Å². The first-order valence-corrected chi connectivity index (χ1v) is 6.04. The van der Waals surface area contributed by atoms with E-state index < -0.39 is 17.8 Å². The summed E-state index contributed by atoms with van der Waals surface area (Å²) in [5.74, 6) is -0.702. The molecule has 1 rings (SSSR count). The zero-order valence-electron chi connectivity index (χ0n) is 8.32. The monoisotopic (exact) mass is 263 g/mol. The Hall–Kier alpha value is -0.780. The van der Waals surface area contributed by atoms with Crippen LogP contribution in [0.3, 0.4) is 0 Å². The van der Waals surface area contributed by atoms with Gasteiger partial charge in [0.1, 0.15) is 11.9 Å². The van der Waals surface area contributed by atoms with Gasteiger partial charge in [0.25, 0.3) is 0 Å². The maximum absolute atomic E-state index is 13.0. The molecule has 1 unspecified atom stereocenters. The third-order valence-electron chi connectivity index (χ3n) is 1.87. The summed E-state index contributed by atoms with van der Waals surface area (Å²) in [6.45, 7) is 0. The van der Waals surface area contributed by atoms with E-state index in [1.807, 2.05) is 0 Å². The number of nitrogens with two attached hydrogens (primary N) is 1. The van der Waals surface area contributed by atoms with Crippen LogP contribution in [-0.4, -0.2) is 22.9 Å². The quantitative estimate of drug-likeness (QED) is 0.854. The van der Waals surface area contributed by atoms with E-state index in [9.17, 15) is 9.18 Å². The summed E-state index contributed by atoms with van der Waals surface area (Å²) in [6, 6.07) is 3.62. The van der Waals surface area contributed by atoms with E-state index in [2.05, 4.69) is 0 Å². The van der Waals surface area contributed by atoms with E-state index >= 15 is 0 Å². The van der Waals surface area contributed by atoms with Crippen LogP contribution >= 0.6 is 23.4 Å². The Balaban J connectivity index is 2.43. The van der Waals surface area contributed by atoms with E-state index in [1.54, 1.807) is 6.07 Å². The fraction of sp³-hybridized carbons (Fsp3) is 0.300. The minimum atomic E-state index is -1.03. The largest absolute Gasteiger partial charge is 0.480 e. The second-order valence-corrected chi connectivity index (χ2v) is 4.65. The molecule has 88 valence electrons. The first-order valence-electron chi connectivity index (χ1n) is 4.50. The number of hydrogen-bond acceptors (Lipinski definition) is 3. The first kappa shape index (κ1) is 13.3. The Labute approximate surface area is 102 Å². The average molecular weight is 264 g/mol. The Bertz CT molecular complexity index is 389. The Morgan fingerprint density at radius 1 is 1.62 bits per heavy atom. The highest BCUT2D eigenvalue weighted by Gasteiger charge is 2.11. The Kier molecular flexibility index (Phi) is 5.05. The van der Waals surface area contributed by atoms with Crippen molar-refractivity contribution < 1.29 is 14.3 Å². The van der Waals surface area contributed by atoms with Crippen molar-refractivity contribution in [3.8, 4) is 0 Å². The van der Waals surface area contributed by atoms with Crippen molar-refractivity contribution in [1.29, 1.82) is 0 Å². The van der Waals surface area contributed by atoms with Gasteiger partial charge in [0, 0.05) is 11.5 Å². The van der Waals surface area contributed by atoms with Gasteiger partial charge < -0.3 is 10.8 Å². The van der Waals surface area contributed by atoms with E-state index in [-0.39, 0.29) is 5.02 Å². The van der Waals surface area contributed by atoms with E-state index in [1.165, 1.54) is 23.9 Å². The minimum absolute atomic E-state index is 0.0796. The lowest BCUT2D eigenvalue weighted by Gasteiger charge is -2.06. The molecule has 0 aliphatic heterocycles. The number of aliphatic carboxylic acids is 1. The highest BCUT2D eigenvalue weighted by atomic mass is 35.5. The van der Waals surface area contributed by atoms with Crippen molar-refractivity contribution in [1.82, 2.24) is 0 Å². The maximum Gasteiger partial charge on any atom is 0.321 e. The summed E-state index contributed by atoms with van der Waals surface area (Å²) in [7, 11) is 0. The molecule has 1 aromatic rings. The second kappa shape index (κ2) is 6.08. The van der Waals surface area contributed by atoms with Crippen LogP contribution in [0.25, 0.3) is 0 Å². The number of halogens is 2. The van der Waals surface area contributed by atoms with Gasteiger partial charge in [-0.05, 0) is 17.7 Å². The van der Waals surface area contributed by atoms with Crippen molar-refractivity contribution in [2.75, 3.05) is 5.75 Å². The zero-order valence-corrected chi connectivity index (χ0v) is 9.89. The Morgan fingerprint density at radius 2 is 2.31 bits per heavy atom. The number of benzene rings is 1. The summed E-state index contributed by atoms with van der Waals surface area (Å²) in [5.41, 5.74) is 6.07. The third-order valence-corrected chi connectivity index (χ3v) is 3.31. The van der Waals surface area contributed by atoms with Gasteiger partial charge in [0.05, 0.1) is 5.02 Å². The molecule has 0 radical (unpaired) electrons. The first-order chi connectivity index (χ1) is 7.50. The molecular weight excluding hydrogens is 253 g/mol. The van der Waals surface area contributed by atoms with E-state index in [0.29, 0.717) is 11.5 Å². The van der Waals surface area contributed by atoms with Crippen LogP contribution in [0.1, 0.15) is 5.56 Å². The third kappa shape index (κ3) is 4.00. The molecule has 6 heteroatoms. The van der Waals surface area contributed by atoms with Crippen LogP contribution in [0, 0.1) is 5.82 Å². The fourth-order valence-electron chi connectivity index (χ4n) is 1.00. The summed E-state index contributed by atoms with van der Waals surface area (Å²) >= 11 is 6.87. The number of carbonyl (C=O) groups is 1. The number of rotatable bonds is 5. The van der Waals surface area contributed by atoms with Gasteiger partial charge in [-0.25, -0.2) is 4.39 Å². The minimum Gasteiger partial charge on any atom is -0.480 e. The van der Waals surface area contributed by atoms with E-state index in [0.717, 1.165) is 5.56 Å². The summed E-state index contributed by atoms with van der Waals surface area (Å²) in [4.78, 5) is 10.4. The molecule has 0 aliphatic rings. The van der Waals surface area contributed by atoms with Crippen LogP contribution < -0.4 is 5.73 Å². The molecule has 16 heavy (non-hydrogen) atoms. The van der Waals surface area contributed by atoms with Crippen molar-refractivity contribution in [2.24, 2.45) is 5.73 Å². The SMILES string of the molecule is NC(CSCc1ccc(Cl)c(F)c1)C(=O)O. The molecule has 0 heterocycles. The molecule has 1 atom stereocenters. The molecule has 0 aromatic heterocycles. The molecule has 0 bridgehead atoms. The molecule has 0 saturated heterocycles. The zero-order chi connectivity index (χ0) is 12.1. The van der Waals surface area contributed by atoms with Crippen molar-refractivity contribution in [2.45, 2.75) is 11.8 Å². The lowest BCUT2D eigenvalue weighted by atomic mass is 10.2. The molecule has 0 aliphatic carbocycles. The van der Waals surface area contributed by atoms with Gasteiger partial charge in [-0.1, -0.05) is 17.7 Å². The molecule has 0 saturated carbocycles. The predicted molar refractivity (Wildman–Crippen MR) is 63.2 cm³/mol. The highest BCUT2D eigenvalue weighted by Crippen LogP contribution is 2.19. The molecule has 0 spiro atoms. The molecule has 3 nitrogen and oxygen atoms in total. The predicted octanol–water partition coefficient (Wildman–Crippen LogP) is 2.12. The van der Waals surface area contributed by atoms with Crippen LogP contribution in [-0.2, 0) is 10.5 Å². The maximum atomic E-state index is 13.0. The van der Waals surface area contributed by atoms with Crippen LogP contribution in [0.4, 0.5) is 4.39 Å². The summed E-state index contributed by atoms with van der Waals surface area (Å²) in [5, 5.41) is 8.62.